The molecule has 4 rings (SSSR count). The van der Waals surface area contributed by atoms with E-state index in [2.05, 4.69) is 10.2 Å². The molecule has 3 aliphatic heterocycles. The van der Waals surface area contributed by atoms with Crippen LogP contribution in [0.4, 0.5) is 0 Å². The number of halogens is 1. The smallest absolute Gasteiger partial charge is 0.194 e. The Balaban J connectivity index is 0.00000225. The zero-order chi connectivity index (χ0) is 18.3. The molecular weight excluding hydrogens is 469 g/mol. The lowest BCUT2D eigenvalue weighted by Gasteiger charge is -2.31. The van der Waals surface area contributed by atoms with Crippen molar-refractivity contribution in [2.45, 2.75) is 44.6 Å². The first kappa shape index (κ1) is 21.9. The van der Waals surface area contributed by atoms with Gasteiger partial charge in [-0.05, 0) is 56.1 Å². The predicted molar refractivity (Wildman–Crippen MR) is 120 cm³/mol. The Bertz CT molecular complexity index is 584. The standard InChI is InChI=1S/C21H33N3O3.HI/c1-2-20(27-11-1)3-9-22-21(23-19-7-14-26-15-8-19)24-10-4-18(16-24)17-5-12-25-13-6-17;/h1-2,11,17-19H,3-10,12-16H2,(H,22,23);1H. The highest BCUT2D eigenvalue weighted by molar-refractivity contribution is 14.0. The molecule has 6 nitrogen and oxygen atoms in total. The number of guanidine groups is 1. The van der Waals surface area contributed by atoms with Crippen LogP contribution in [0.1, 0.15) is 37.9 Å². The number of furan rings is 1. The van der Waals surface area contributed by atoms with Gasteiger partial charge in [-0.25, -0.2) is 0 Å². The lowest BCUT2D eigenvalue weighted by atomic mass is 9.85. The molecular formula is C21H34IN3O3. The van der Waals surface area contributed by atoms with Crippen LogP contribution >= 0.6 is 24.0 Å². The SMILES string of the molecule is I.c1coc(CCN=C(NC2CCOCC2)N2CCC(C3CCOCC3)C2)c1. The van der Waals surface area contributed by atoms with E-state index >= 15 is 0 Å². The van der Waals surface area contributed by atoms with Crippen LogP contribution in [0.2, 0.25) is 0 Å². The van der Waals surface area contributed by atoms with Crippen LogP contribution in [0.15, 0.2) is 27.8 Å². The lowest BCUT2D eigenvalue weighted by Crippen LogP contribution is -2.47. The van der Waals surface area contributed by atoms with Gasteiger partial charge in [0.05, 0.1) is 6.26 Å². The summed E-state index contributed by atoms with van der Waals surface area (Å²) < 4.78 is 16.5. The second kappa shape index (κ2) is 11.4. The predicted octanol–water partition coefficient (Wildman–Crippen LogP) is 3.31. The average molecular weight is 503 g/mol. The first-order valence-corrected chi connectivity index (χ1v) is 10.6. The number of rotatable bonds is 5. The third kappa shape index (κ3) is 6.10. The van der Waals surface area contributed by atoms with Crippen LogP contribution in [0.5, 0.6) is 0 Å². The van der Waals surface area contributed by atoms with Crippen molar-refractivity contribution in [3.8, 4) is 0 Å². The molecule has 0 saturated carbocycles. The zero-order valence-electron chi connectivity index (χ0n) is 16.7. The maximum Gasteiger partial charge on any atom is 0.194 e. The number of nitrogens with one attached hydrogen (secondary N) is 1. The van der Waals surface area contributed by atoms with E-state index in [1.807, 2.05) is 12.1 Å². The van der Waals surface area contributed by atoms with E-state index in [1.165, 1.54) is 19.3 Å². The Morgan fingerprint density at radius 1 is 1.04 bits per heavy atom. The summed E-state index contributed by atoms with van der Waals surface area (Å²) >= 11 is 0. The van der Waals surface area contributed by atoms with Gasteiger partial charge in [-0.1, -0.05) is 0 Å². The van der Waals surface area contributed by atoms with Crippen molar-refractivity contribution in [1.29, 1.82) is 0 Å². The van der Waals surface area contributed by atoms with E-state index < -0.39 is 0 Å². The third-order valence-electron chi connectivity index (χ3n) is 6.21. The highest BCUT2D eigenvalue weighted by Crippen LogP contribution is 2.31. The van der Waals surface area contributed by atoms with Crippen molar-refractivity contribution >= 4 is 29.9 Å². The van der Waals surface area contributed by atoms with Gasteiger partial charge in [0, 0.05) is 58.5 Å². The Kier molecular flexibility index (Phi) is 8.92. The number of aliphatic imine (C=N–C) groups is 1. The topological polar surface area (TPSA) is 59.2 Å². The summed E-state index contributed by atoms with van der Waals surface area (Å²) in [6, 6.07) is 4.44. The Labute approximate surface area is 185 Å². The van der Waals surface area contributed by atoms with E-state index in [-0.39, 0.29) is 24.0 Å². The summed E-state index contributed by atoms with van der Waals surface area (Å²) in [7, 11) is 0. The summed E-state index contributed by atoms with van der Waals surface area (Å²) in [6.45, 7) is 6.57. The maximum absolute atomic E-state index is 5.55. The Morgan fingerprint density at radius 2 is 1.79 bits per heavy atom. The van der Waals surface area contributed by atoms with Gasteiger partial charge in [0.15, 0.2) is 5.96 Å². The number of nitrogens with zero attached hydrogens (tertiary/aromatic N) is 2. The quantitative estimate of drug-likeness (QED) is 0.380. The second-order valence-electron chi connectivity index (χ2n) is 8.01. The minimum atomic E-state index is 0. The third-order valence-corrected chi connectivity index (χ3v) is 6.21. The largest absolute Gasteiger partial charge is 0.469 e. The van der Waals surface area contributed by atoms with Gasteiger partial charge < -0.3 is 24.1 Å². The molecule has 28 heavy (non-hydrogen) atoms. The van der Waals surface area contributed by atoms with Crippen LogP contribution in [0.25, 0.3) is 0 Å². The summed E-state index contributed by atoms with van der Waals surface area (Å²) in [5.74, 6) is 3.69. The molecule has 1 aromatic heterocycles. The molecule has 158 valence electrons. The minimum absolute atomic E-state index is 0. The van der Waals surface area contributed by atoms with Crippen LogP contribution < -0.4 is 5.32 Å². The average Bonchev–Trinajstić information content (AvgIpc) is 3.41. The summed E-state index contributed by atoms with van der Waals surface area (Å²) in [4.78, 5) is 7.44. The summed E-state index contributed by atoms with van der Waals surface area (Å²) in [6.07, 6.45) is 8.43. The van der Waals surface area contributed by atoms with Gasteiger partial charge in [-0.15, -0.1) is 24.0 Å². The number of hydrogen-bond donors (Lipinski definition) is 1. The van der Waals surface area contributed by atoms with Crippen molar-refractivity contribution in [2.75, 3.05) is 46.1 Å². The molecule has 0 aliphatic carbocycles. The fraction of sp³-hybridized carbons (Fsp3) is 0.762. The number of ether oxygens (including phenoxy) is 2. The highest BCUT2D eigenvalue weighted by atomic mass is 127. The monoisotopic (exact) mass is 503 g/mol. The van der Waals surface area contributed by atoms with E-state index in [1.54, 1.807) is 6.26 Å². The van der Waals surface area contributed by atoms with Crippen LogP contribution in [-0.4, -0.2) is 63.0 Å². The van der Waals surface area contributed by atoms with Crippen molar-refractivity contribution in [2.24, 2.45) is 16.8 Å². The molecule has 4 heterocycles. The van der Waals surface area contributed by atoms with Crippen molar-refractivity contribution in [1.82, 2.24) is 10.2 Å². The highest BCUT2D eigenvalue weighted by Gasteiger charge is 2.32. The normalized spacial score (nSPS) is 24.9. The Morgan fingerprint density at radius 3 is 2.50 bits per heavy atom. The van der Waals surface area contributed by atoms with Crippen molar-refractivity contribution in [3.05, 3.63) is 24.2 Å². The van der Waals surface area contributed by atoms with Gasteiger partial charge in [-0.2, -0.15) is 0 Å². The first-order valence-electron chi connectivity index (χ1n) is 10.6. The van der Waals surface area contributed by atoms with E-state index in [4.69, 9.17) is 18.9 Å². The molecule has 0 radical (unpaired) electrons. The van der Waals surface area contributed by atoms with Crippen LogP contribution in [-0.2, 0) is 15.9 Å². The maximum atomic E-state index is 5.55. The number of likely N-dealkylation sites (tertiary alicyclic amines) is 1. The van der Waals surface area contributed by atoms with Crippen LogP contribution in [0.3, 0.4) is 0 Å². The van der Waals surface area contributed by atoms with Gasteiger partial charge >= 0.3 is 0 Å². The van der Waals surface area contributed by atoms with Crippen molar-refractivity contribution < 1.29 is 13.9 Å². The van der Waals surface area contributed by atoms with Crippen molar-refractivity contribution in [3.63, 3.8) is 0 Å². The molecule has 1 aromatic rings. The fourth-order valence-electron chi connectivity index (χ4n) is 4.54. The van der Waals surface area contributed by atoms with E-state index in [9.17, 15) is 0 Å². The lowest BCUT2D eigenvalue weighted by molar-refractivity contribution is 0.0487. The molecule has 0 amide bonds. The van der Waals surface area contributed by atoms with E-state index in [0.29, 0.717) is 6.04 Å². The molecule has 7 heteroatoms. The Hall–Kier alpha value is -0.800. The summed E-state index contributed by atoms with van der Waals surface area (Å²) in [5, 5.41) is 3.74. The van der Waals surface area contributed by atoms with Gasteiger partial charge in [0.2, 0.25) is 0 Å². The molecule has 3 saturated heterocycles. The summed E-state index contributed by atoms with van der Waals surface area (Å²) in [5.41, 5.74) is 0. The zero-order valence-corrected chi connectivity index (χ0v) is 19.0. The first-order chi connectivity index (χ1) is 13.4. The molecule has 0 spiro atoms. The van der Waals surface area contributed by atoms with Gasteiger partial charge in [0.1, 0.15) is 5.76 Å². The van der Waals surface area contributed by atoms with Gasteiger partial charge in [0.25, 0.3) is 0 Å². The fourth-order valence-corrected chi connectivity index (χ4v) is 4.54. The van der Waals surface area contributed by atoms with Gasteiger partial charge in [-0.3, -0.25) is 4.99 Å². The van der Waals surface area contributed by atoms with E-state index in [0.717, 1.165) is 88.9 Å². The second-order valence-corrected chi connectivity index (χ2v) is 8.01. The molecule has 1 unspecified atom stereocenters. The molecule has 0 aromatic carbocycles. The number of hydrogen-bond acceptors (Lipinski definition) is 4. The molecule has 0 bridgehead atoms. The molecule has 3 fully saturated rings. The van der Waals surface area contributed by atoms with Crippen LogP contribution in [0, 0.1) is 11.8 Å². The molecule has 3 aliphatic rings. The molecule has 1 atom stereocenters. The minimum Gasteiger partial charge on any atom is -0.469 e. The molecule has 1 N–H and O–H groups in total.